The summed E-state index contributed by atoms with van der Waals surface area (Å²) < 4.78 is 0. The molecule has 1 aliphatic rings. The molecule has 0 atom stereocenters. The van der Waals surface area contributed by atoms with Crippen molar-refractivity contribution in [2.24, 2.45) is 0 Å². The first kappa shape index (κ1) is 14.1. The fraction of sp³-hybridized carbons (Fsp3) is 0.615. The SMILES string of the molecule is CN1CCC(N(C)Cc2nc(Cl)ccc2Cl)CC1. The van der Waals surface area contributed by atoms with Gasteiger partial charge in [0.15, 0.2) is 0 Å². The number of hydrogen-bond acceptors (Lipinski definition) is 3. The summed E-state index contributed by atoms with van der Waals surface area (Å²) in [5.74, 6) is 0. The Bertz CT molecular complexity index is 403. The first-order chi connectivity index (χ1) is 8.56. The Labute approximate surface area is 119 Å². The Morgan fingerprint density at radius 2 is 2.00 bits per heavy atom. The van der Waals surface area contributed by atoms with Gasteiger partial charge in [-0.05, 0) is 52.2 Å². The number of likely N-dealkylation sites (tertiary alicyclic amines) is 1. The molecule has 2 rings (SSSR count). The van der Waals surface area contributed by atoms with Crippen LogP contribution < -0.4 is 0 Å². The van der Waals surface area contributed by atoms with Crippen LogP contribution in [-0.2, 0) is 6.54 Å². The Hall–Kier alpha value is -0.350. The second-order valence-corrected chi connectivity index (χ2v) is 5.81. The molecule has 0 N–H and O–H groups in total. The van der Waals surface area contributed by atoms with Crippen LogP contribution >= 0.6 is 23.2 Å². The van der Waals surface area contributed by atoms with Gasteiger partial charge in [-0.1, -0.05) is 23.2 Å². The summed E-state index contributed by atoms with van der Waals surface area (Å²) >= 11 is 12.1. The highest BCUT2D eigenvalue weighted by molar-refractivity contribution is 6.32. The first-order valence-electron chi connectivity index (χ1n) is 6.26. The number of hydrogen-bond donors (Lipinski definition) is 0. The first-order valence-corrected chi connectivity index (χ1v) is 7.01. The summed E-state index contributed by atoms with van der Waals surface area (Å²) in [5.41, 5.74) is 0.866. The maximum Gasteiger partial charge on any atom is 0.129 e. The molecule has 0 amide bonds. The maximum absolute atomic E-state index is 6.15. The fourth-order valence-corrected chi connectivity index (χ4v) is 2.70. The van der Waals surface area contributed by atoms with Gasteiger partial charge in [-0.2, -0.15) is 0 Å². The standard InChI is InChI=1S/C13H19Cl2N3/c1-17-7-5-10(6-8-17)18(2)9-12-11(14)3-4-13(15)16-12/h3-4,10H,5-9H2,1-2H3. The van der Waals surface area contributed by atoms with Crippen molar-refractivity contribution in [2.45, 2.75) is 25.4 Å². The predicted molar refractivity (Wildman–Crippen MR) is 76.2 cm³/mol. The van der Waals surface area contributed by atoms with E-state index in [0.29, 0.717) is 16.2 Å². The highest BCUT2D eigenvalue weighted by atomic mass is 35.5. The molecule has 1 aromatic rings. The van der Waals surface area contributed by atoms with Crippen LogP contribution in [0, 0.1) is 0 Å². The van der Waals surface area contributed by atoms with Crippen molar-refractivity contribution in [1.82, 2.24) is 14.8 Å². The van der Waals surface area contributed by atoms with Crippen molar-refractivity contribution in [1.29, 1.82) is 0 Å². The van der Waals surface area contributed by atoms with Gasteiger partial charge in [0.25, 0.3) is 0 Å². The summed E-state index contributed by atoms with van der Waals surface area (Å²) in [7, 11) is 4.31. The van der Waals surface area contributed by atoms with Gasteiger partial charge in [-0.15, -0.1) is 0 Å². The number of halogens is 2. The van der Waals surface area contributed by atoms with E-state index in [2.05, 4.69) is 28.9 Å². The molecule has 3 nitrogen and oxygen atoms in total. The largest absolute Gasteiger partial charge is 0.306 e. The Morgan fingerprint density at radius 1 is 1.33 bits per heavy atom. The third kappa shape index (κ3) is 3.58. The summed E-state index contributed by atoms with van der Waals surface area (Å²) in [4.78, 5) is 9.00. The molecule has 0 aliphatic carbocycles. The van der Waals surface area contributed by atoms with Crippen LogP contribution in [-0.4, -0.2) is 48.0 Å². The molecule has 1 aromatic heterocycles. The van der Waals surface area contributed by atoms with Gasteiger partial charge in [-0.3, -0.25) is 4.90 Å². The minimum Gasteiger partial charge on any atom is -0.306 e. The molecular weight excluding hydrogens is 269 g/mol. The molecule has 0 bridgehead atoms. The zero-order chi connectivity index (χ0) is 13.1. The average molecular weight is 288 g/mol. The van der Waals surface area contributed by atoms with Gasteiger partial charge in [-0.25, -0.2) is 4.98 Å². The minimum absolute atomic E-state index is 0.506. The van der Waals surface area contributed by atoms with Crippen LogP contribution in [0.4, 0.5) is 0 Å². The number of aromatic nitrogens is 1. The summed E-state index contributed by atoms with van der Waals surface area (Å²) in [6, 6.07) is 4.15. The average Bonchev–Trinajstić information content (AvgIpc) is 2.34. The number of pyridine rings is 1. The van der Waals surface area contributed by atoms with Crippen LogP contribution in [0.1, 0.15) is 18.5 Å². The molecule has 1 fully saturated rings. The Balaban J connectivity index is 1.98. The van der Waals surface area contributed by atoms with E-state index in [1.807, 2.05) is 6.07 Å². The van der Waals surface area contributed by atoms with Crippen molar-refractivity contribution < 1.29 is 0 Å². The molecule has 0 unspecified atom stereocenters. The monoisotopic (exact) mass is 287 g/mol. The van der Waals surface area contributed by atoms with Crippen molar-refractivity contribution in [3.63, 3.8) is 0 Å². The lowest BCUT2D eigenvalue weighted by Gasteiger charge is -2.35. The van der Waals surface area contributed by atoms with Gasteiger partial charge in [0.05, 0.1) is 10.7 Å². The van der Waals surface area contributed by atoms with Crippen LogP contribution in [0.5, 0.6) is 0 Å². The molecule has 0 spiro atoms. The second-order valence-electron chi connectivity index (χ2n) is 5.01. The van der Waals surface area contributed by atoms with Gasteiger partial charge in [0.1, 0.15) is 5.15 Å². The van der Waals surface area contributed by atoms with E-state index in [0.717, 1.165) is 25.3 Å². The van der Waals surface area contributed by atoms with Crippen LogP contribution in [0.2, 0.25) is 10.2 Å². The zero-order valence-electron chi connectivity index (χ0n) is 10.9. The summed E-state index contributed by atoms with van der Waals surface area (Å²) in [6.07, 6.45) is 2.40. The van der Waals surface area contributed by atoms with E-state index in [9.17, 15) is 0 Å². The van der Waals surface area contributed by atoms with E-state index >= 15 is 0 Å². The normalized spacial score (nSPS) is 18.5. The Kier molecular flexibility index (Phi) is 4.84. The number of piperidine rings is 1. The Morgan fingerprint density at radius 3 is 2.67 bits per heavy atom. The maximum atomic E-state index is 6.15. The molecule has 18 heavy (non-hydrogen) atoms. The topological polar surface area (TPSA) is 19.4 Å². The molecule has 0 aromatic carbocycles. The highest BCUT2D eigenvalue weighted by Gasteiger charge is 2.21. The molecule has 2 heterocycles. The van der Waals surface area contributed by atoms with Gasteiger partial charge in [0.2, 0.25) is 0 Å². The van der Waals surface area contributed by atoms with E-state index in [-0.39, 0.29) is 0 Å². The predicted octanol–water partition coefficient (Wildman–Crippen LogP) is 2.91. The molecule has 0 radical (unpaired) electrons. The number of rotatable bonds is 3. The van der Waals surface area contributed by atoms with Gasteiger partial charge < -0.3 is 4.90 Å². The van der Waals surface area contributed by atoms with Crippen LogP contribution in [0.3, 0.4) is 0 Å². The van der Waals surface area contributed by atoms with Gasteiger partial charge >= 0.3 is 0 Å². The second kappa shape index (κ2) is 6.20. The lowest BCUT2D eigenvalue weighted by molar-refractivity contribution is 0.138. The molecule has 0 saturated carbocycles. The molecule has 1 aliphatic heterocycles. The van der Waals surface area contributed by atoms with Gasteiger partial charge in [0, 0.05) is 12.6 Å². The lowest BCUT2D eigenvalue weighted by atomic mass is 10.0. The summed E-state index contributed by atoms with van der Waals surface area (Å²) in [5, 5.41) is 1.20. The quantitative estimate of drug-likeness (QED) is 0.797. The fourth-order valence-electron chi connectivity index (χ4n) is 2.37. The van der Waals surface area contributed by atoms with Crippen LogP contribution in [0.15, 0.2) is 12.1 Å². The van der Waals surface area contributed by atoms with E-state index in [1.54, 1.807) is 6.07 Å². The summed E-state index contributed by atoms with van der Waals surface area (Å²) in [6.45, 7) is 3.07. The van der Waals surface area contributed by atoms with Crippen LogP contribution in [0.25, 0.3) is 0 Å². The molecule has 1 saturated heterocycles. The van der Waals surface area contributed by atoms with Crippen molar-refractivity contribution in [3.8, 4) is 0 Å². The van der Waals surface area contributed by atoms with E-state index in [4.69, 9.17) is 23.2 Å². The molecule has 100 valence electrons. The zero-order valence-corrected chi connectivity index (χ0v) is 12.4. The third-order valence-corrected chi connectivity index (χ3v) is 4.15. The minimum atomic E-state index is 0.506. The van der Waals surface area contributed by atoms with Crippen molar-refractivity contribution in [3.05, 3.63) is 28.0 Å². The smallest absolute Gasteiger partial charge is 0.129 e. The highest BCUT2D eigenvalue weighted by Crippen LogP contribution is 2.21. The van der Waals surface area contributed by atoms with E-state index < -0.39 is 0 Å². The van der Waals surface area contributed by atoms with E-state index in [1.165, 1.54) is 12.8 Å². The van der Waals surface area contributed by atoms with Crippen molar-refractivity contribution >= 4 is 23.2 Å². The number of nitrogens with zero attached hydrogens (tertiary/aromatic N) is 3. The van der Waals surface area contributed by atoms with Crippen molar-refractivity contribution in [2.75, 3.05) is 27.2 Å². The third-order valence-electron chi connectivity index (χ3n) is 3.60. The molecular formula is C13H19Cl2N3. The molecule has 5 heteroatoms. The lowest BCUT2D eigenvalue weighted by Crippen LogP contribution is -2.41.